The summed E-state index contributed by atoms with van der Waals surface area (Å²) in [5.41, 5.74) is 0.894. The van der Waals surface area contributed by atoms with Crippen molar-refractivity contribution in [3.8, 4) is 10.6 Å². The summed E-state index contributed by atoms with van der Waals surface area (Å²) in [5, 5.41) is 25.2. The minimum Gasteiger partial charge on any atom is -0.481 e. The summed E-state index contributed by atoms with van der Waals surface area (Å²) in [4.78, 5) is 38.6. The fourth-order valence-electron chi connectivity index (χ4n) is 3.25. The maximum absolute atomic E-state index is 12.5. The Hall–Kier alpha value is -2.81. The number of nitro benzene ring substituents is 1. The third-order valence-corrected chi connectivity index (χ3v) is 5.60. The van der Waals surface area contributed by atoms with Gasteiger partial charge in [0.2, 0.25) is 0 Å². The van der Waals surface area contributed by atoms with Crippen LogP contribution in [-0.4, -0.2) is 32.9 Å². The number of hydrogen-bond donors (Lipinski definition) is 2. The minimum absolute atomic E-state index is 0.0126. The molecule has 8 nitrogen and oxygen atoms in total. The van der Waals surface area contributed by atoms with E-state index in [4.69, 9.17) is 0 Å². The molecule has 27 heavy (non-hydrogen) atoms. The third kappa shape index (κ3) is 4.48. The smallest absolute Gasteiger partial charge is 0.308 e. The van der Waals surface area contributed by atoms with Crippen molar-refractivity contribution in [2.24, 2.45) is 5.92 Å². The number of aliphatic carboxylic acids is 1. The summed E-state index contributed by atoms with van der Waals surface area (Å²) in [6.07, 6.45) is 3.91. The maximum Gasteiger partial charge on any atom is 0.308 e. The van der Waals surface area contributed by atoms with Gasteiger partial charge in [0, 0.05) is 29.1 Å². The zero-order valence-electron chi connectivity index (χ0n) is 14.5. The maximum atomic E-state index is 12.5. The number of benzene rings is 1. The predicted molar refractivity (Wildman–Crippen MR) is 99.7 cm³/mol. The quantitative estimate of drug-likeness (QED) is 0.458. The SMILES string of the molecule is O=C(N[C@H]1CCCCC[C@H]1C(=O)O)c1csc(-c2ccc([N+](=O)[O-])cc2)n1. The van der Waals surface area contributed by atoms with E-state index in [9.17, 15) is 24.8 Å². The molecule has 1 amide bonds. The molecule has 9 heteroatoms. The fraction of sp³-hybridized carbons (Fsp3) is 0.389. The Morgan fingerprint density at radius 1 is 1.19 bits per heavy atom. The highest BCUT2D eigenvalue weighted by Crippen LogP contribution is 2.27. The molecule has 0 spiro atoms. The van der Waals surface area contributed by atoms with Crippen LogP contribution in [0.15, 0.2) is 29.6 Å². The van der Waals surface area contributed by atoms with Gasteiger partial charge < -0.3 is 10.4 Å². The lowest BCUT2D eigenvalue weighted by atomic mass is 9.95. The van der Waals surface area contributed by atoms with Crippen molar-refractivity contribution in [3.05, 3.63) is 45.5 Å². The molecule has 2 N–H and O–H groups in total. The average molecular weight is 389 g/mol. The number of carboxylic acid groups (broad SMARTS) is 1. The average Bonchev–Trinajstić information content (AvgIpc) is 3.02. The number of nitrogens with one attached hydrogen (secondary N) is 1. The Labute approximate surface area is 159 Å². The summed E-state index contributed by atoms with van der Waals surface area (Å²) in [6.45, 7) is 0. The van der Waals surface area contributed by atoms with Gasteiger partial charge in [-0.3, -0.25) is 19.7 Å². The van der Waals surface area contributed by atoms with E-state index in [0.29, 0.717) is 23.4 Å². The van der Waals surface area contributed by atoms with Crippen molar-refractivity contribution >= 4 is 28.9 Å². The van der Waals surface area contributed by atoms with Crippen LogP contribution in [0.4, 0.5) is 5.69 Å². The van der Waals surface area contributed by atoms with Crippen molar-refractivity contribution in [2.75, 3.05) is 0 Å². The summed E-state index contributed by atoms with van der Waals surface area (Å²) >= 11 is 1.26. The van der Waals surface area contributed by atoms with E-state index in [-0.39, 0.29) is 11.4 Å². The van der Waals surface area contributed by atoms with Crippen molar-refractivity contribution in [1.29, 1.82) is 0 Å². The molecular weight excluding hydrogens is 370 g/mol. The highest BCUT2D eigenvalue weighted by atomic mass is 32.1. The van der Waals surface area contributed by atoms with Crippen LogP contribution in [0, 0.1) is 16.0 Å². The van der Waals surface area contributed by atoms with Gasteiger partial charge in [-0.2, -0.15) is 0 Å². The Bertz CT molecular complexity index is 849. The van der Waals surface area contributed by atoms with Crippen LogP contribution in [0.2, 0.25) is 0 Å². The second-order valence-electron chi connectivity index (χ2n) is 6.50. The van der Waals surface area contributed by atoms with Crippen LogP contribution in [-0.2, 0) is 4.79 Å². The molecule has 0 bridgehead atoms. The zero-order valence-corrected chi connectivity index (χ0v) is 15.3. The van der Waals surface area contributed by atoms with Crippen LogP contribution in [0.25, 0.3) is 10.6 Å². The lowest BCUT2D eigenvalue weighted by Gasteiger charge is -2.22. The van der Waals surface area contributed by atoms with Crippen molar-refractivity contribution < 1.29 is 19.6 Å². The molecule has 1 saturated carbocycles. The van der Waals surface area contributed by atoms with Crippen molar-refractivity contribution in [1.82, 2.24) is 10.3 Å². The van der Waals surface area contributed by atoms with E-state index >= 15 is 0 Å². The topological polar surface area (TPSA) is 122 Å². The Morgan fingerprint density at radius 3 is 2.56 bits per heavy atom. The monoisotopic (exact) mass is 389 g/mol. The standard InChI is InChI=1S/C18H19N3O5S/c22-16(19-14-5-3-1-2-4-13(14)18(23)24)15-10-27-17(20-15)11-6-8-12(9-7-11)21(25)26/h6-10,13-14H,1-5H2,(H,19,22)(H,23,24)/t13-,14+/m1/s1. The van der Waals surface area contributed by atoms with Gasteiger partial charge in [-0.15, -0.1) is 11.3 Å². The van der Waals surface area contributed by atoms with Gasteiger partial charge >= 0.3 is 5.97 Å². The number of aromatic nitrogens is 1. The summed E-state index contributed by atoms with van der Waals surface area (Å²) in [7, 11) is 0. The first-order valence-corrected chi connectivity index (χ1v) is 9.57. The molecule has 0 saturated heterocycles. The first-order chi connectivity index (χ1) is 13.0. The van der Waals surface area contributed by atoms with E-state index in [2.05, 4.69) is 10.3 Å². The number of rotatable bonds is 5. The molecule has 1 fully saturated rings. The third-order valence-electron chi connectivity index (χ3n) is 4.71. The highest BCUT2D eigenvalue weighted by Gasteiger charge is 2.31. The number of thiazole rings is 1. The van der Waals surface area contributed by atoms with Gasteiger partial charge in [-0.1, -0.05) is 19.3 Å². The van der Waals surface area contributed by atoms with Gasteiger partial charge in [0.25, 0.3) is 11.6 Å². The molecule has 1 aliphatic rings. The van der Waals surface area contributed by atoms with Gasteiger partial charge in [0.15, 0.2) is 0 Å². The van der Waals surface area contributed by atoms with E-state index in [0.717, 1.165) is 19.3 Å². The summed E-state index contributed by atoms with van der Waals surface area (Å²) in [6, 6.07) is 5.55. The molecular formula is C18H19N3O5S. The van der Waals surface area contributed by atoms with Gasteiger partial charge in [-0.25, -0.2) is 4.98 Å². The van der Waals surface area contributed by atoms with Crippen molar-refractivity contribution in [3.63, 3.8) is 0 Å². The minimum atomic E-state index is -0.882. The van der Waals surface area contributed by atoms with Gasteiger partial charge in [0.1, 0.15) is 10.7 Å². The van der Waals surface area contributed by atoms with E-state index in [1.54, 1.807) is 17.5 Å². The van der Waals surface area contributed by atoms with Crippen LogP contribution in [0.1, 0.15) is 42.6 Å². The summed E-state index contributed by atoms with van der Waals surface area (Å²) in [5.74, 6) is -1.85. The molecule has 1 aromatic heterocycles. The predicted octanol–water partition coefficient (Wildman–Crippen LogP) is 3.48. The van der Waals surface area contributed by atoms with Gasteiger partial charge in [-0.05, 0) is 25.0 Å². The van der Waals surface area contributed by atoms with Gasteiger partial charge in [0.05, 0.1) is 10.8 Å². The largest absolute Gasteiger partial charge is 0.481 e. The lowest BCUT2D eigenvalue weighted by Crippen LogP contribution is -2.42. The number of carbonyl (C=O) groups is 2. The zero-order chi connectivity index (χ0) is 19.4. The molecule has 0 unspecified atom stereocenters. The van der Waals surface area contributed by atoms with E-state index < -0.39 is 28.8 Å². The highest BCUT2D eigenvalue weighted by molar-refractivity contribution is 7.13. The lowest BCUT2D eigenvalue weighted by molar-refractivity contribution is -0.384. The molecule has 2 aromatic rings. The number of nitrogens with zero attached hydrogens (tertiary/aromatic N) is 2. The number of nitro groups is 1. The second-order valence-corrected chi connectivity index (χ2v) is 7.36. The molecule has 1 heterocycles. The Balaban J connectivity index is 1.72. The van der Waals surface area contributed by atoms with E-state index in [1.165, 1.54) is 23.5 Å². The molecule has 3 rings (SSSR count). The van der Waals surface area contributed by atoms with Crippen LogP contribution in [0.5, 0.6) is 0 Å². The number of non-ortho nitro benzene ring substituents is 1. The number of carbonyl (C=O) groups excluding carboxylic acids is 1. The van der Waals surface area contributed by atoms with E-state index in [1.807, 2.05) is 0 Å². The number of hydrogen-bond acceptors (Lipinski definition) is 6. The molecule has 2 atom stereocenters. The van der Waals surface area contributed by atoms with Crippen molar-refractivity contribution in [2.45, 2.75) is 38.1 Å². The molecule has 0 radical (unpaired) electrons. The summed E-state index contributed by atoms with van der Waals surface area (Å²) < 4.78 is 0. The van der Waals surface area contributed by atoms with Crippen LogP contribution in [0.3, 0.4) is 0 Å². The molecule has 142 valence electrons. The normalized spacial score (nSPS) is 19.9. The molecule has 1 aliphatic carbocycles. The van der Waals surface area contributed by atoms with Crippen LogP contribution >= 0.6 is 11.3 Å². The number of amides is 1. The molecule has 1 aromatic carbocycles. The Kier molecular flexibility index (Phi) is 5.80. The number of carboxylic acids is 1. The second kappa shape index (κ2) is 8.26. The van der Waals surface area contributed by atoms with Crippen LogP contribution < -0.4 is 5.32 Å². The molecule has 0 aliphatic heterocycles. The Morgan fingerprint density at radius 2 is 1.89 bits per heavy atom. The first kappa shape index (κ1) is 19.0. The first-order valence-electron chi connectivity index (χ1n) is 8.69. The fourth-order valence-corrected chi connectivity index (χ4v) is 4.06.